The zero-order valence-corrected chi connectivity index (χ0v) is 29.9. The monoisotopic (exact) mass is 699 g/mol. The van der Waals surface area contributed by atoms with Crippen molar-refractivity contribution in [2.75, 3.05) is 0 Å². The highest BCUT2D eigenvalue weighted by Gasteiger charge is 2.21. The standard InChI is InChI=1S/C52H33N3/c1-3-13-34(14-4-1)35-23-25-38(26-24-35)48-33-47(37-16-5-2-6-17-37)53-52(54-48)39-27-30-40(31-28-39)55-50-41-18-8-7-15-36(41)29-32-46(50)49-44-21-11-9-19-42(44)43-20-10-12-22-45(43)51(49)55/h1-33H. The number of benzene rings is 9. The molecule has 0 amide bonds. The number of fused-ring (bicyclic) bond motifs is 10. The van der Waals surface area contributed by atoms with Crippen LogP contribution in [0.25, 0.3) is 105 Å². The van der Waals surface area contributed by atoms with E-state index in [0.29, 0.717) is 5.82 Å². The zero-order valence-electron chi connectivity index (χ0n) is 29.9. The Bertz CT molecular complexity index is 3220. The second-order valence-corrected chi connectivity index (χ2v) is 14.2. The van der Waals surface area contributed by atoms with Crippen LogP contribution in [0.5, 0.6) is 0 Å². The van der Waals surface area contributed by atoms with Crippen molar-refractivity contribution < 1.29 is 0 Å². The van der Waals surface area contributed by atoms with E-state index < -0.39 is 0 Å². The Kier molecular flexibility index (Phi) is 7.17. The molecule has 0 N–H and O–H groups in total. The normalized spacial score (nSPS) is 11.6. The predicted octanol–water partition coefficient (Wildman–Crippen LogP) is 13.7. The van der Waals surface area contributed by atoms with Crippen LogP contribution in [0.4, 0.5) is 0 Å². The first kappa shape index (κ1) is 31.2. The van der Waals surface area contributed by atoms with Crippen molar-refractivity contribution in [3.05, 3.63) is 200 Å². The summed E-state index contributed by atoms with van der Waals surface area (Å²) in [5, 5.41) is 10.0. The van der Waals surface area contributed by atoms with Gasteiger partial charge in [-0.05, 0) is 63.0 Å². The molecule has 0 saturated heterocycles. The van der Waals surface area contributed by atoms with Crippen LogP contribution < -0.4 is 0 Å². The van der Waals surface area contributed by atoms with E-state index >= 15 is 0 Å². The average Bonchev–Trinajstić information content (AvgIpc) is 3.63. The highest BCUT2D eigenvalue weighted by molar-refractivity contribution is 6.34. The first-order valence-corrected chi connectivity index (χ1v) is 18.7. The molecule has 3 nitrogen and oxygen atoms in total. The van der Waals surface area contributed by atoms with Gasteiger partial charge >= 0.3 is 0 Å². The minimum absolute atomic E-state index is 0.694. The lowest BCUT2D eigenvalue weighted by molar-refractivity contribution is 1.17. The van der Waals surface area contributed by atoms with E-state index in [1.54, 1.807) is 0 Å². The van der Waals surface area contributed by atoms with Gasteiger partial charge in [0.1, 0.15) is 0 Å². The van der Waals surface area contributed by atoms with E-state index in [-0.39, 0.29) is 0 Å². The summed E-state index contributed by atoms with van der Waals surface area (Å²) in [4.78, 5) is 10.3. The number of nitrogens with zero attached hydrogens (tertiary/aromatic N) is 3. The Hall–Kier alpha value is -7.36. The van der Waals surface area contributed by atoms with E-state index in [1.807, 2.05) is 12.1 Å². The molecule has 55 heavy (non-hydrogen) atoms. The van der Waals surface area contributed by atoms with Gasteiger partial charge in [0.2, 0.25) is 0 Å². The SMILES string of the molecule is c1ccc(-c2ccc(-c3cc(-c4ccccc4)nc(-c4ccc(-n5c6c7ccccc7ccc6c6c7ccccc7c7ccccc7c65)cc4)n3)cc2)cc1. The smallest absolute Gasteiger partial charge is 0.160 e. The maximum Gasteiger partial charge on any atom is 0.160 e. The zero-order chi connectivity index (χ0) is 36.3. The number of aromatic nitrogens is 3. The minimum Gasteiger partial charge on any atom is -0.308 e. The molecule has 0 unspecified atom stereocenters. The molecule has 0 radical (unpaired) electrons. The molecule has 2 aromatic heterocycles. The number of rotatable bonds is 5. The van der Waals surface area contributed by atoms with Gasteiger partial charge in [0, 0.05) is 43.9 Å². The molecule has 11 aromatic rings. The predicted molar refractivity (Wildman–Crippen MR) is 231 cm³/mol. The van der Waals surface area contributed by atoms with Crippen molar-refractivity contribution in [2.45, 2.75) is 0 Å². The average molecular weight is 700 g/mol. The number of hydrogen-bond acceptors (Lipinski definition) is 2. The summed E-state index contributed by atoms with van der Waals surface area (Å²) in [6.45, 7) is 0. The lowest BCUT2D eigenvalue weighted by Gasteiger charge is -2.14. The summed E-state index contributed by atoms with van der Waals surface area (Å²) in [6.07, 6.45) is 0. The van der Waals surface area contributed by atoms with Gasteiger partial charge in [-0.25, -0.2) is 9.97 Å². The van der Waals surface area contributed by atoms with Crippen LogP contribution in [0.15, 0.2) is 200 Å². The fourth-order valence-corrected chi connectivity index (χ4v) is 8.40. The molecule has 0 aliphatic carbocycles. The molecule has 0 spiro atoms. The van der Waals surface area contributed by atoms with Crippen LogP contribution >= 0.6 is 0 Å². The summed E-state index contributed by atoms with van der Waals surface area (Å²) in [6, 6.07) is 71.4. The molecule has 0 aliphatic heterocycles. The molecule has 0 fully saturated rings. The molecule has 0 saturated carbocycles. The van der Waals surface area contributed by atoms with E-state index in [2.05, 4.69) is 193 Å². The van der Waals surface area contributed by atoms with Gasteiger partial charge in [-0.3, -0.25) is 0 Å². The van der Waals surface area contributed by atoms with Crippen LogP contribution in [0.1, 0.15) is 0 Å². The Balaban J connectivity index is 1.11. The Morgan fingerprint density at radius 2 is 0.800 bits per heavy atom. The molecule has 256 valence electrons. The molecule has 9 aromatic carbocycles. The summed E-state index contributed by atoms with van der Waals surface area (Å²) in [5.41, 5.74) is 10.7. The molecule has 0 aliphatic rings. The van der Waals surface area contributed by atoms with Gasteiger partial charge in [0.25, 0.3) is 0 Å². The maximum atomic E-state index is 5.19. The highest BCUT2D eigenvalue weighted by Crippen LogP contribution is 2.44. The lowest BCUT2D eigenvalue weighted by Crippen LogP contribution is -1.98. The minimum atomic E-state index is 0.694. The van der Waals surface area contributed by atoms with Gasteiger partial charge in [-0.1, -0.05) is 170 Å². The van der Waals surface area contributed by atoms with E-state index in [9.17, 15) is 0 Å². The van der Waals surface area contributed by atoms with Crippen LogP contribution in [-0.4, -0.2) is 14.5 Å². The molecule has 2 heterocycles. The third-order valence-electron chi connectivity index (χ3n) is 11.0. The lowest BCUT2D eigenvalue weighted by atomic mass is 9.96. The molecule has 3 heteroatoms. The number of hydrogen-bond donors (Lipinski definition) is 0. The van der Waals surface area contributed by atoms with Crippen LogP contribution in [0.2, 0.25) is 0 Å². The van der Waals surface area contributed by atoms with Crippen molar-refractivity contribution in [1.29, 1.82) is 0 Å². The van der Waals surface area contributed by atoms with Crippen molar-refractivity contribution >= 4 is 54.1 Å². The third kappa shape index (κ3) is 5.13. The second-order valence-electron chi connectivity index (χ2n) is 14.2. The van der Waals surface area contributed by atoms with Gasteiger partial charge < -0.3 is 4.57 Å². The maximum absolute atomic E-state index is 5.19. The molecule has 0 bridgehead atoms. The van der Waals surface area contributed by atoms with Gasteiger partial charge in [-0.2, -0.15) is 0 Å². The van der Waals surface area contributed by atoms with E-state index in [1.165, 1.54) is 65.3 Å². The third-order valence-corrected chi connectivity index (χ3v) is 11.0. The quantitative estimate of drug-likeness (QED) is 0.167. The largest absolute Gasteiger partial charge is 0.308 e. The Labute approximate surface area is 318 Å². The Morgan fingerprint density at radius 1 is 0.309 bits per heavy atom. The summed E-state index contributed by atoms with van der Waals surface area (Å²) < 4.78 is 2.48. The topological polar surface area (TPSA) is 30.7 Å². The molecular weight excluding hydrogens is 667 g/mol. The molecule has 0 atom stereocenters. The van der Waals surface area contributed by atoms with Crippen LogP contribution in [0.3, 0.4) is 0 Å². The summed E-state index contributed by atoms with van der Waals surface area (Å²) in [5.74, 6) is 0.694. The fourth-order valence-electron chi connectivity index (χ4n) is 8.40. The summed E-state index contributed by atoms with van der Waals surface area (Å²) in [7, 11) is 0. The van der Waals surface area contributed by atoms with E-state index in [4.69, 9.17) is 9.97 Å². The van der Waals surface area contributed by atoms with Crippen molar-refractivity contribution in [3.63, 3.8) is 0 Å². The first-order valence-electron chi connectivity index (χ1n) is 18.7. The van der Waals surface area contributed by atoms with Crippen LogP contribution in [-0.2, 0) is 0 Å². The Morgan fingerprint density at radius 3 is 1.49 bits per heavy atom. The van der Waals surface area contributed by atoms with Crippen molar-refractivity contribution in [2.24, 2.45) is 0 Å². The van der Waals surface area contributed by atoms with Gasteiger partial charge in [0.05, 0.1) is 22.4 Å². The highest BCUT2D eigenvalue weighted by atomic mass is 15.0. The first-order chi connectivity index (χ1) is 27.3. The molecular formula is C52H33N3. The fraction of sp³-hybridized carbons (Fsp3) is 0. The van der Waals surface area contributed by atoms with Crippen LogP contribution in [0, 0.1) is 0 Å². The summed E-state index contributed by atoms with van der Waals surface area (Å²) >= 11 is 0. The molecule has 11 rings (SSSR count). The van der Waals surface area contributed by atoms with Gasteiger partial charge in [-0.15, -0.1) is 0 Å². The van der Waals surface area contributed by atoms with Crippen molar-refractivity contribution in [1.82, 2.24) is 14.5 Å². The second kappa shape index (κ2) is 12.6. The van der Waals surface area contributed by atoms with E-state index in [0.717, 1.165) is 33.8 Å². The van der Waals surface area contributed by atoms with Gasteiger partial charge in [0.15, 0.2) is 5.82 Å². The van der Waals surface area contributed by atoms with Crippen molar-refractivity contribution in [3.8, 4) is 50.7 Å².